The van der Waals surface area contributed by atoms with Crippen LogP contribution in [0.15, 0.2) is 168 Å². The van der Waals surface area contributed by atoms with Crippen LogP contribution in [0.5, 0.6) is 11.5 Å². The van der Waals surface area contributed by atoms with Crippen LogP contribution in [0, 0.1) is 13.8 Å². The van der Waals surface area contributed by atoms with E-state index in [-0.39, 0.29) is 33.2 Å². The number of aromatic hydroxyl groups is 1. The fourth-order valence-corrected chi connectivity index (χ4v) is 8.46. The van der Waals surface area contributed by atoms with Crippen molar-refractivity contribution in [3.63, 3.8) is 0 Å². The highest BCUT2D eigenvalue weighted by atomic mass is 32.2. The Morgan fingerprint density at radius 1 is 0.547 bits per heavy atom. The van der Waals surface area contributed by atoms with Gasteiger partial charge in [-0.15, -0.1) is 20.4 Å². The average Bonchev–Trinajstić information content (AvgIpc) is 3.72. The van der Waals surface area contributed by atoms with E-state index in [1.807, 2.05) is 68.4 Å². The zero-order chi connectivity index (χ0) is 44.9. The third kappa shape index (κ3) is 8.14. The first-order valence-corrected chi connectivity index (χ1v) is 22.1. The molecule has 0 atom stereocenters. The largest absolute Gasteiger partial charge is 0.505 e. The van der Waals surface area contributed by atoms with Crippen molar-refractivity contribution >= 4 is 97.7 Å². The molecule has 8 aromatic carbocycles. The van der Waals surface area contributed by atoms with Crippen molar-refractivity contribution in [2.75, 3.05) is 7.11 Å². The summed E-state index contributed by atoms with van der Waals surface area (Å²) in [5.74, 6) is 0.231. The molecular weight excluding hydrogens is 859 g/mol. The Hall–Kier alpha value is -7.84. The predicted octanol–water partition coefficient (Wildman–Crippen LogP) is 12.0. The second kappa shape index (κ2) is 16.1. The monoisotopic (exact) mass is 891 g/mol. The van der Waals surface area contributed by atoms with Gasteiger partial charge in [0.05, 0.1) is 40.4 Å². The predicted molar refractivity (Wildman–Crippen MR) is 241 cm³/mol. The van der Waals surface area contributed by atoms with Crippen LogP contribution in [0.1, 0.15) is 11.1 Å². The SMILES string of the molecule is COc1cc(N=Nc2ccc(N=Nc3ccc4ccccc4c3)c(C)c2)c(C)cc1N=Nc1ccc2cc(-n3nc4ccc5c(S(=O)(=O)O)cc(S(=O)(=O)O)cc5c4n3)ccc2c1O. The topological polar surface area (TPSA) is 243 Å². The average molecular weight is 892 g/mol. The molecule has 0 aliphatic rings. The molecule has 0 saturated carbocycles. The Balaban J connectivity index is 0.941. The van der Waals surface area contributed by atoms with E-state index < -0.39 is 30.0 Å². The van der Waals surface area contributed by atoms with Gasteiger partial charge in [-0.1, -0.05) is 42.5 Å². The first-order chi connectivity index (χ1) is 30.6. The van der Waals surface area contributed by atoms with E-state index in [0.29, 0.717) is 51.0 Å². The normalized spacial score (nSPS) is 12.6. The highest BCUT2D eigenvalue weighted by Crippen LogP contribution is 2.40. The highest BCUT2D eigenvalue weighted by Gasteiger charge is 2.23. The van der Waals surface area contributed by atoms with Crippen LogP contribution in [0.3, 0.4) is 0 Å². The first-order valence-electron chi connectivity index (χ1n) is 19.2. The van der Waals surface area contributed by atoms with E-state index in [1.165, 1.54) is 24.0 Å². The highest BCUT2D eigenvalue weighted by molar-refractivity contribution is 7.86. The van der Waals surface area contributed by atoms with Gasteiger partial charge < -0.3 is 9.84 Å². The minimum atomic E-state index is -4.90. The van der Waals surface area contributed by atoms with Gasteiger partial charge in [0, 0.05) is 22.2 Å². The number of phenols is 1. The molecule has 64 heavy (non-hydrogen) atoms. The third-order valence-electron chi connectivity index (χ3n) is 10.4. The molecule has 0 radical (unpaired) electrons. The van der Waals surface area contributed by atoms with Gasteiger partial charge in [-0.3, -0.25) is 9.11 Å². The van der Waals surface area contributed by atoms with Crippen molar-refractivity contribution in [1.29, 1.82) is 0 Å². The lowest BCUT2D eigenvalue weighted by Crippen LogP contribution is -2.04. The summed E-state index contributed by atoms with van der Waals surface area (Å²) < 4.78 is 73.4. The number of phenolic OH excluding ortho intramolecular Hbond substituents is 1. The number of methoxy groups -OCH3 is 1. The van der Waals surface area contributed by atoms with Gasteiger partial charge in [0.1, 0.15) is 33.1 Å². The summed E-state index contributed by atoms with van der Waals surface area (Å²) >= 11 is 0. The lowest BCUT2D eigenvalue weighted by molar-refractivity contribution is 0.416. The van der Waals surface area contributed by atoms with Crippen LogP contribution in [0.4, 0.5) is 34.1 Å². The maximum atomic E-state index is 12.2. The van der Waals surface area contributed by atoms with Crippen molar-refractivity contribution in [2.24, 2.45) is 30.7 Å². The van der Waals surface area contributed by atoms with Crippen LogP contribution in [0.25, 0.3) is 49.0 Å². The van der Waals surface area contributed by atoms with Crippen molar-refractivity contribution in [2.45, 2.75) is 23.6 Å². The van der Waals surface area contributed by atoms with E-state index >= 15 is 0 Å². The number of azo groups is 3. The Labute approximate surface area is 364 Å². The van der Waals surface area contributed by atoms with E-state index in [9.17, 15) is 31.0 Å². The third-order valence-corrected chi connectivity index (χ3v) is 12.1. The molecule has 0 saturated heterocycles. The molecule has 9 rings (SSSR count). The van der Waals surface area contributed by atoms with E-state index in [1.54, 1.807) is 42.5 Å². The van der Waals surface area contributed by atoms with Crippen molar-refractivity contribution in [3.05, 3.63) is 139 Å². The molecule has 1 aromatic heterocycles. The molecule has 0 aliphatic carbocycles. The summed E-state index contributed by atoms with van der Waals surface area (Å²) in [6.07, 6.45) is 0. The Bertz CT molecular complexity index is 3720. The van der Waals surface area contributed by atoms with Gasteiger partial charge in [-0.25, -0.2) is 0 Å². The van der Waals surface area contributed by atoms with Crippen molar-refractivity contribution in [3.8, 4) is 17.2 Å². The summed E-state index contributed by atoms with van der Waals surface area (Å²) in [4.78, 5) is -0.219. The number of aromatic nitrogens is 3. The van der Waals surface area contributed by atoms with Gasteiger partial charge in [-0.2, -0.15) is 42.1 Å². The van der Waals surface area contributed by atoms with Crippen LogP contribution in [-0.4, -0.2) is 53.2 Å². The van der Waals surface area contributed by atoms with Gasteiger partial charge >= 0.3 is 0 Å². The fourth-order valence-electron chi connectivity index (χ4n) is 7.12. The molecule has 0 aliphatic heterocycles. The maximum absolute atomic E-state index is 12.2. The van der Waals surface area contributed by atoms with E-state index in [4.69, 9.17) is 4.74 Å². The molecule has 17 nitrogen and oxygen atoms in total. The zero-order valence-corrected chi connectivity index (χ0v) is 35.5. The second-order valence-electron chi connectivity index (χ2n) is 14.6. The summed E-state index contributed by atoms with van der Waals surface area (Å²) in [7, 11) is -8.26. The number of nitrogens with zero attached hydrogens (tertiary/aromatic N) is 9. The number of fused-ring (bicyclic) bond motifs is 5. The zero-order valence-electron chi connectivity index (χ0n) is 33.8. The molecule has 1 heterocycles. The number of ether oxygens (including phenoxy) is 1. The van der Waals surface area contributed by atoms with Crippen LogP contribution < -0.4 is 4.74 Å². The Kier molecular flexibility index (Phi) is 10.5. The van der Waals surface area contributed by atoms with E-state index in [2.05, 4.69) is 46.9 Å². The first kappa shape index (κ1) is 41.5. The molecule has 318 valence electrons. The van der Waals surface area contributed by atoms with Gasteiger partial charge in [0.15, 0.2) is 5.75 Å². The van der Waals surface area contributed by atoms with Crippen LogP contribution >= 0.6 is 0 Å². The number of benzene rings is 8. The summed E-state index contributed by atoms with van der Waals surface area (Å²) in [5, 5.41) is 49.9. The molecule has 0 fully saturated rings. The van der Waals surface area contributed by atoms with E-state index in [0.717, 1.165) is 33.7 Å². The van der Waals surface area contributed by atoms with Crippen molar-refractivity contribution < 1.29 is 35.8 Å². The minimum absolute atomic E-state index is 0.0142. The van der Waals surface area contributed by atoms with Gasteiger partial charge in [0.2, 0.25) is 0 Å². The maximum Gasteiger partial charge on any atom is 0.295 e. The smallest absolute Gasteiger partial charge is 0.295 e. The summed E-state index contributed by atoms with van der Waals surface area (Å²) in [5.41, 5.74) is 5.64. The number of aryl methyl sites for hydroxylation is 2. The molecule has 19 heteroatoms. The number of hydrogen-bond donors (Lipinski definition) is 3. The molecular formula is C45H33N9O8S2. The standard InChI is InChI=1S/C45H33N9O8S2/c1-25-18-30(11-16-37(25)48-47-31-10-8-27-6-4-5-7-28(27)20-31)46-50-40-24-42(62-3)41(19-26(40)2)51-49-39-15-9-29-21-32(12-13-34(29)45(39)55)54-52-38-17-14-35-36(44(38)53-54)22-33(63(56,57)58)23-43(35)64(59,60)61/h4-24,55H,1-3H3,(H,56,57,58)(H,59,60,61). The molecule has 0 amide bonds. The summed E-state index contributed by atoms with van der Waals surface area (Å²) in [6, 6.07) is 35.8. The Morgan fingerprint density at radius 3 is 1.95 bits per heavy atom. The molecule has 3 N–H and O–H groups in total. The minimum Gasteiger partial charge on any atom is -0.505 e. The van der Waals surface area contributed by atoms with Crippen LogP contribution in [-0.2, 0) is 20.2 Å². The van der Waals surface area contributed by atoms with Crippen molar-refractivity contribution in [1.82, 2.24) is 15.0 Å². The van der Waals surface area contributed by atoms with Gasteiger partial charge in [0.25, 0.3) is 20.2 Å². The molecule has 0 unspecified atom stereocenters. The van der Waals surface area contributed by atoms with Gasteiger partial charge in [-0.05, 0) is 120 Å². The lowest BCUT2D eigenvalue weighted by atomic mass is 10.1. The summed E-state index contributed by atoms with van der Waals surface area (Å²) in [6.45, 7) is 3.78. The molecule has 0 bridgehead atoms. The molecule has 9 aromatic rings. The second-order valence-corrected chi connectivity index (χ2v) is 17.5. The van der Waals surface area contributed by atoms with Crippen LogP contribution in [0.2, 0.25) is 0 Å². The fraction of sp³-hybridized carbons (Fsp3) is 0.0667. The lowest BCUT2D eigenvalue weighted by Gasteiger charge is -2.08. The number of rotatable bonds is 10. The Morgan fingerprint density at radius 2 is 1.20 bits per heavy atom. The molecule has 0 spiro atoms. The quantitative estimate of drug-likeness (QED) is 0.0866. The number of hydrogen-bond acceptors (Lipinski definition) is 14.